The van der Waals surface area contributed by atoms with Crippen molar-refractivity contribution in [3.63, 3.8) is 0 Å². The fraction of sp³-hybridized carbons (Fsp3) is 0.500. The number of esters is 1. The Morgan fingerprint density at radius 3 is 3.06 bits per heavy atom. The Morgan fingerprint density at radius 1 is 1.65 bits per heavy atom. The second kappa shape index (κ2) is 5.03. The van der Waals surface area contributed by atoms with E-state index in [2.05, 4.69) is 10.3 Å². The average molecular weight is 235 g/mol. The van der Waals surface area contributed by atoms with Crippen LogP contribution in [-0.4, -0.2) is 24.1 Å². The van der Waals surface area contributed by atoms with Crippen molar-refractivity contribution in [2.75, 3.05) is 24.2 Å². The number of nitrogens with two attached hydrogens (primary N) is 1. The van der Waals surface area contributed by atoms with Crippen molar-refractivity contribution in [1.82, 2.24) is 4.98 Å². The Bertz CT molecular complexity index is 416. The molecule has 1 fully saturated rings. The van der Waals surface area contributed by atoms with Crippen molar-refractivity contribution < 1.29 is 9.53 Å². The minimum atomic E-state index is -0.401. The van der Waals surface area contributed by atoms with Crippen LogP contribution < -0.4 is 11.1 Å². The van der Waals surface area contributed by atoms with E-state index in [4.69, 9.17) is 10.5 Å². The highest BCUT2D eigenvalue weighted by Crippen LogP contribution is 2.29. The van der Waals surface area contributed by atoms with Crippen molar-refractivity contribution in [3.8, 4) is 0 Å². The van der Waals surface area contributed by atoms with Gasteiger partial charge in [-0.1, -0.05) is 0 Å². The molecule has 1 aliphatic rings. The number of ether oxygens (including phenoxy) is 1. The number of carbonyl (C=O) groups excluding carboxylic acids is 1. The van der Waals surface area contributed by atoms with Crippen LogP contribution in [0.1, 0.15) is 30.1 Å². The van der Waals surface area contributed by atoms with Gasteiger partial charge < -0.3 is 15.8 Å². The van der Waals surface area contributed by atoms with Crippen molar-refractivity contribution in [2.24, 2.45) is 5.92 Å². The summed E-state index contributed by atoms with van der Waals surface area (Å²) >= 11 is 0. The van der Waals surface area contributed by atoms with Gasteiger partial charge in [-0.15, -0.1) is 0 Å². The molecule has 2 rings (SSSR count). The molecule has 0 amide bonds. The molecule has 0 aliphatic heterocycles. The number of rotatable bonds is 5. The highest BCUT2D eigenvalue weighted by molar-refractivity contribution is 5.95. The third-order valence-corrected chi connectivity index (χ3v) is 2.70. The number of hydrogen-bond acceptors (Lipinski definition) is 5. The number of nitrogen functional groups attached to an aromatic ring is 1. The number of nitrogens with one attached hydrogen (secondary N) is 1. The van der Waals surface area contributed by atoms with E-state index in [1.165, 1.54) is 19.0 Å². The molecule has 1 aromatic rings. The summed E-state index contributed by atoms with van der Waals surface area (Å²) in [6.07, 6.45) is 4.03. The summed E-state index contributed by atoms with van der Waals surface area (Å²) in [6, 6.07) is 1.65. The fourth-order valence-electron chi connectivity index (χ4n) is 1.52. The SMILES string of the molecule is CCOC(=O)c1cc(NCC2CC2)ncc1N. The summed E-state index contributed by atoms with van der Waals surface area (Å²) in [7, 11) is 0. The average Bonchev–Trinajstić information content (AvgIpc) is 3.12. The molecule has 92 valence electrons. The van der Waals surface area contributed by atoms with Gasteiger partial charge in [0.2, 0.25) is 0 Å². The molecule has 3 N–H and O–H groups in total. The van der Waals surface area contributed by atoms with Gasteiger partial charge >= 0.3 is 5.97 Å². The van der Waals surface area contributed by atoms with E-state index in [9.17, 15) is 4.79 Å². The molecule has 5 nitrogen and oxygen atoms in total. The highest BCUT2D eigenvalue weighted by atomic mass is 16.5. The number of nitrogens with zero attached hydrogens (tertiary/aromatic N) is 1. The lowest BCUT2D eigenvalue weighted by molar-refractivity contribution is 0.0527. The monoisotopic (exact) mass is 235 g/mol. The van der Waals surface area contributed by atoms with Gasteiger partial charge in [-0.3, -0.25) is 0 Å². The Labute approximate surface area is 100 Å². The predicted molar refractivity (Wildman–Crippen MR) is 65.8 cm³/mol. The largest absolute Gasteiger partial charge is 0.462 e. The van der Waals surface area contributed by atoms with E-state index in [0.29, 0.717) is 23.7 Å². The molecule has 1 saturated carbocycles. The molecule has 0 atom stereocenters. The van der Waals surface area contributed by atoms with Crippen LogP contribution >= 0.6 is 0 Å². The molecular weight excluding hydrogens is 218 g/mol. The van der Waals surface area contributed by atoms with Crippen molar-refractivity contribution in [2.45, 2.75) is 19.8 Å². The van der Waals surface area contributed by atoms with Crippen LogP contribution in [0.25, 0.3) is 0 Å². The smallest absolute Gasteiger partial charge is 0.340 e. The minimum Gasteiger partial charge on any atom is -0.462 e. The first-order valence-electron chi connectivity index (χ1n) is 5.87. The van der Waals surface area contributed by atoms with Crippen LogP contribution in [-0.2, 0) is 4.74 Å². The first-order valence-corrected chi connectivity index (χ1v) is 5.87. The van der Waals surface area contributed by atoms with Crippen LogP contribution in [0.4, 0.5) is 11.5 Å². The van der Waals surface area contributed by atoms with Crippen LogP contribution in [0.2, 0.25) is 0 Å². The topological polar surface area (TPSA) is 77.2 Å². The lowest BCUT2D eigenvalue weighted by atomic mass is 10.2. The summed E-state index contributed by atoms with van der Waals surface area (Å²) in [6.45, 7) is 3.01. The van der Waals surface area contributed by atoms with E-state index in [1.807, 2.05) is 0 Å². The summed E-state index contributed by atoms with van der Waals surface area (Å²) in [5, 5.41) is 3.20. The zero-order valence-electron chi connectivity index (χ0n) is 9.90. The van der Waals surface area contributed by atoms with Crippen molar-refractivity contribution in [3.05, 3.63) is 17.8 Å². The van der Waals surface area contributed by atoms with Gasteiger partial charge in [0, 0.05) is 6.54 Å². The summed E-state index contributed by atoms with van der Waals surface area (Å²) in [5.74, 6) is 1.02. The molecule has 0 aromatic carbocycles. The number of hydrogen-bond donors (Lipinski definition) is 2. The predicted octanol–water partition coefficient (Wildman–Crippen LogP) is 1.66. The standard InChI is InChI=1S/C12H17N3O2/c1-2-17-12(16)9-5-11(15-7-10(9)13)14-6-8-3-4-8/h5,7-8H,2-4,6,13H2,1H3,(H,14,15). The van der Waals surface area contributed by atoms with E-state index in [1.54, 1.807) is 13.0 Å². The maximum Gasteiger partial charge on any atom is 0.340 e. The van der Waals surface area contributed by atoms with Gasteiger partial charge in [0.15, 0.2) is 0 Å². The third-order valence-electron chi connectivity index (χ3n) is 2.70. The highest BCUT2D eigenvalue weighted by Gasteiger charge is 2.21. The fourth-order valence-corrected chi connectivity index (χ4v) is 1.52. The minimum absolute atomic E-state index is 0.339. The van der Waals surface area contributed by atoms with Gasteiger partial charge in [0.25, 0.3) is 0 Å². The van der Waals surface area contributed by atoms with Gasteiger partial charge in [-0.05, 0) is 31.7 Å². The Hall–Kier alpha value is -1.78. The van der Waals surface area contributed by atoms with E-state index < -0.39 is 5.97 Å². The Balaban J connectivity index is 2.07. The molecule has 5 heteroatoms. The molecule has 0 unspecified atom stereocenters. The van der Waals surface area contributed by atoms with Crippen LogP contribution in [0, 0.1) is 5.92 Å². The van der Waals surface area contributed by atoms with Crippen molar-refractivity contribution in [1.29, 1.82) is 0 Å². The number of anilines is 2. The lowest BCUT2D eigenvalue weighted by Crippen LogP contribution is -2.11. The normalized spacial score (nSPS) is 14.4. The van der Waals surface area contributed by atoms with Crippen LogP contribution in [0.3, 0.4) is 0 Å². The first kappa shape index (κ1) is 11.7. The quantitative estimate of drug-likeness (QED) is 0.759. The maximum atomic E-state index is 11.6. The van der Waals surface area contributed by atoms with Crippen molar-refractivity contribution >= 4 is 17.5 Å². The lowest BCUT2D eigenvalue weighted by Gasteiger charge is -2.08. The van der Waals surface area contributed by atoms with Gasteiger partial charge in [-0.2, -0.15) is 0 Å². The molecule has 1 aromatic heterocycles. The Morgan fingerprint density at radius 2 is 2.41 bits per heavy atom. The number of pyridine rings is 1. The second-order valence-corrected chi connectivity index (χ2v) is 4.20. The number of carbonyl (C=O) groups is 1. The molecule has 17 heavy (non-hydrogen) atoms. The first-order chi connectivity index (χ1) is 8.20. The number of aromatic nitrogens is 1. The summed E-state index contributed by atoms with van der Waals surface area (Å²) in [5.41, 5.74) is 6.42. The van der Waals surface area contributed by atoms with E-state index >= 15 is 0 Å². The maximum absolute atomic E-state index is 11.6. The zero-order chi connectivity index (χ0) is 12.3. The van der Waals surface area contributed by atoms with E-state index in [0.717, 1.165) is 12.5 Å². The molecule has 1 heterocycles. The third kappa shape index (κ3) is 3.09. The molecule has 0 bridgehead atoms. The van der Waals surface area contributed by atoms with Gasteiger partial charge in [-0.25, -0.2) is 9.78 Å². The molecule has 0 saturated heterocycles. The Kier molecular flexibility index (Phi) is 3.46. The van der Waals surface area contributed by atoms with Gasteiger partial charge in [0.05, 0.1) is 24.1 Å². The van der Waals surface area contributed by atoms with E-state index in [-0.39, 0.29) is 0 Å². The molecule has 0 radical (unpaired) electrons. The second-order valence-electron chi connectivity index (χ2n) is 4.20. The molecule has 0 spiro atoms. The van der Waals surface area contributed by atoms with Crippen LogP contribution in [0.15, 0.2) is 12.3 Å². The molecule has 1 aliphatic carbocycles. The summed E-state index contributed by atoms with van der Waals surface area (Å²) < 4.78 is 4.93. The van der Waals surface area contributed by atoms with Gasteiger partial charge in [0.1, 0.15) is 5.82 Å². The zero-order valence-corrected chi connectivity index (χ0v) is 9.90. The summed E-state index contributed by atoms with van der Waals surface area (Å²) in [4.78, 5) is 15.7. The molecular formula is C12H17N3O2. The van der Waals surface area contributed by atoms with Crippen LogP contribution in [0.5, 0.6) is 0 Å².